The molecule has 1 unspecified atom stereocenters. The van der Waals surface area contributed by atoms with Crippen molar-refractivity contribution in [1.82, 2.24) is 14.9 Å². The number of nitrogens with two attached hydrogens (primary N) is 1. The van der Waals surface area contributed by atoms with Crippen LogP contribution in [0.3, 0.4) is 0 Å². The van der Waals surface area contributed by atoms with Crippen LogP contribution in [-0.2, 0) is 12.0 Å². The van der Waals surface area contributed by atoms with E-state index in [2.05, 4.69) is 47.2 Å². The third kappa shape index (κ3) is 4.92. The molecule has 0 spiro atoms. The topological polar surface area (TPSA) is 90.5 Å². The molecule has 0 bridgehead atoms. The number of nitrogens with zero attached hydrogens (tertiary/aromatic N) is 3. The molecule has 6 nitrogen and oxygen atoms in total. The van der Waals surface area contributed by atoms with Gasteiger partial charge in [-0.2, -0.15) is 0 Å². The quantitative estimate of drug-likeness (QED) is 0.280. The number of H-pyrrole nitrogens is 1. The third-order valence-corrected chi connectivity index (χ3v) is 6.26. The maximum atomic E-state index is 9.89. The minimum absolute atomic E-state index is 0.188. The fraction of sp³-hybridized carbons (Fsp3) is 0.333. The largest absolute Gasteiger partial charge is 0.376 e. The van der Waals surface area contributed by atoms with Crippen LogP contribution in [0.25, 0.3) is 11.1 Å². The van der Waals surface area contributed by atoms with Crippen molar-refractivity contribution in [2.24, 2.45) is 16.6 Å². The summed E-state index contributed by atoms with van der Waals surface area (Å²) in [5, 5.41) is 10.6. The summed E-state index contributed by atoms with van der Waals surface area (Å²) in [6, 6.07) is 16.3. The molecule has 1 atom stereocenters. The van der Waals surface area contributed by atoms with Crippen molar-refractivity contribution in [1.29, 1.82) is 0 Å². The summed E-state index contributed by atoms with van der Waals surface area (Å²) in [5.41, 5.74) is 10.2. The Kier molecular flexibility index (Phi) is 6.30. The lowest BCUT2D eigenvalue weighted by Gasteiger charge is -2.30. The van der Waals surface area contributed by atoms with Gasteiger partial charge < -0.3 is 20.7 Å². The monoisotopic (exact) mass is 437 g/mol. The van der Waals surface area contributed by atoms with Crippen LogP contribution in [0.2, 0.25) is 5.02 Å². The van der Waals surface area contributed by atoms with E-state index in [1.807, 2.05) is 18.2 Å². The van der Waals surface area contributed by atoms with Gasteiger partial charge in [-0.25, -0.2) is 9.98 Å². The van der Waals surface area contributed by atoms with Gasteiger partial charge in [0.15, 0.2) is 5.96 Å². The minimum atomic E-state index is -0.458. The molecule has 1 aliphatic rings. The second-order valence-corrected chi connectivity index (χ2v) is 8.65. The standard InChI is InChI=1S/C24H28ClN5O/c1-24(19-8-9-19,29-23(26)30(16-31)11-10-22-14-27-15-28-22)20-6-2-4-17(12-20)18-5-3-7-21(25)13-18/h2-7,12-15,19,31H,8-11,16H2,1H3,(H2,26,29)(H,27,28). The minimum Gasteiger partial charge on any atom is -0.376 e. The lowest BCUT2D eigenvalue weighted by atomic mass is 9.86. The number of aromatic amines is 1. The SMILES string of the molecule is CC(N=C(N)N(CO)CCc1cnc[nH]1)(c1cccc(-c2cccc(Cl)c2)c1)C1CC1. The second-order valence-electron chi connectivity index (χ2n) is 8.21. The van der Waals surface area contributed by atoms with E-state index in [4.69, 9.17) is 22.3 Å². The van der Waals surface area contributed by atoms with E-state index in [1.165, 1.54) is 0 Å². The van der Waals surface area contributed by atoms with Gasteiger partial charge in [0.05, 0.1) is 11.9 Å². The zero-order chi connectivity index (χ0) is 21.8. The van der Waals surface area contributed by atoms with Crippen LogP contribution in [0.4, 0.5) is 0 Å². The van der Waals surface area contributed by atoms with E-state index in [0.29, 0.717) is 29.9 Å². The highest BCUT2D eigenvalue weighted by atomic mass is 35.5. The predicted octanol–water partition coefficient (Wildman–Crippen LogP) is 4.16. The summed E-state index contributed by atoms with van der Waals surface area (Å²) >= 11 is 6.20. The number of aliphatic hydroxyl groups is 1. The van der Waals surface area contributed by atoms with Gasteiger partial charge in [-0.1, -0.05) is 41.9 Å². The number of aliphatic imine (C=N–C) groups is 1. The highest BCUT2D eigenvalue weighted by molar-refractivity contribution is 6.30. The van der Waals surface area contributed by atoms with Crippen LogP contribution in [0, 0.1) is 5.92 Å². The van der Waals surface area contributed by atoms with Crippen molar-refractivity contribution in [3.8, 4) is 11.1 Å². The Bertz CT molecular complexity index is 1050. The highest BCUT2D eigenvalue weighted by Crippen LogP contribution is 2.48. The van der Waals surface area contributed by atoms with Gasteiger partial charge in [0, 0.05) is 29.9 Å². The molecule has 0 saturated heterocycles. The van der Waals surface area contributed by atoms with E-state index in [1.54, 1.807) is 17.4 Å². The van der Waals surface area contributed by atoms with E-state index >= 15 is 0 Å². The molecule has 0 amide bonds. The Labute approximate surface area is 187 Å². The van der Waals surface area contributed by atoms with Crippen molar-refractivity contribution in [3.63, 3.8) is 0 Å². The summed E-state index contributed by atoms with van der Waals surface area (Å²) in [6.45, 7) is 2.50. The fourth-order valence-electron chi connectivity index (χ4n) is 3.96. The first-order chi connectivity index (χ1) is 15.0. The molecule has 1 saturated carbocycles. The number of hydrogen-bond acceptors (Lipinski definition) is 3. The van der Waals surface area contributed by atoms with Crippen LogP contribution < -0.4 is 5.73 Å². The number of aliphatic hydroxyl groups excluding tert-OH is 1. The molecule has 4 rings (SSSR count). The molecule has 0 radical (unpaired) electrons. The van der Waals surface area contributed by atoms with Crippen LogP contribution >= 0.6 is 11.6 Å². The van der Waals surface area contributed by atoms with Gasteiger partial charge in [0.1, 0.15) is 6.73 Å². The van der Waals surface area contributed by atoms with Crippen LogP contribution in [0.15, 0.2) is 66.0 Å². The molecular formula is C24H28ClN5O. The normalized spacial score (nSPS) is 16.2. The zero-order valence-corrected chi connectivity index (χ0v) is 18.4. The number of nitrogens with one attached hydrogen (secondary N) is 1. The van der Waals surface area contributed by atoms with Crippen molar-refractivity contribution in [2.75, 3.05) is 13.3 Å². The second kappa shape index (κ2) is 9.12. The number of rotatable bonds is 8. The number of halogens is 1. The Hall–Kier alpha value is -2.83. The molecule has 4 N–H and O–H groups in total. The third-order valence-electron chi connectivity index (χ3n) is 6.02. The van der Waals surface area contributed by atoms with Gasteiger partial charge >= 0.3 is 0 Å². The number of guanidine groups is 1. The summed E-state index contributed by atoms with van der Waals surface area (Å²) in [4.78, 5) is 13.8. The Balaban J connectivity index is 1.61. The highest BCUT2D eigenvalue weighted by Gasteiger charge is 2.43. The van der Waals surface area contributed by atoms with Gasteiger partial charge in [-0.05, 0) is 60.6 Å². The zero-order valence-electron chi connectivity index (χ0n) is 17.6. The van der Waals surface area contributed by atoms with Crippen LogP contribution in [-0.4, -0.2) is 39.2 Å². The Morgan fingerprint density at radius 1 is 1.26 bits per heavy atom. The summed E-state index contributed by atoms with van der Waals surface area (Å²) in [7, 11) is 0. The maximum Gasteiger partial charge on any atom is 0.194 e. The number of benzene rings is 2. The smallest absolute Gasteiger partial charge is 0.194 e. The number of imidazole rings is 1. The van der Waals surface area contributed by atoms with Gasteiger partial charge in [-0.15, -0.1) is 0 Å². The molecular weight excluding hydrogens is 410 g/mol. The number of hydrogen-bond donors (Lipinski definition) is 3. The van der Waals surface area contributed by atoms with Crippen molar-refractivity contribution in [3.05, 3.63) is 77.3 Å². The predicted molar refractivity (Wildman–Crippen MR) is 125 cm³/mol. The summed E-state index contributed by atoms with van der Waals surface area (Å²) in [6.07, 6.45) is 6.34. The Morgan fingerprint density at radius 3 is 2.65 bits per heavy atom. The lowest BCUT2D eigenvalue weighted by molar-refractivity contribution is 0.167. The van der Waals surface area contributed by atoms with Gasteiger partial charge in [0.2, 0.25) is 0 Å². The van der Waals surface area contributed by atoms with E-state index in [0.717, 1.165) is 35.2 Å². The molecule has 0 aliphatic heterocycles. The summed E-state index contributed by atoms with van der Waals surface area (Å²) < 4.78 is 0. The molecule has 1 aromatic heterocycles. The van der Waals surface area contributed by atoms with E-state index in [-0.39, 0.29) is 6.73 Å². The van der Waals surface area contributed by atoms with Crippen molar-refractivity contribution < 1.29 is 5.11 Å². The maximum absolute atomic E-state index is 9.89. The molecule has 31 heavy (non-hydrogen) atoms. The lowest BCUT2D eigenvalue weighted by Crippen LogP contribution is -2.42. The number of aromatic nitrogens is 2. The van der Waals surface area contributed by atoms with Crippen molar-refractivity contribution >= 4 is 17.6 Å². The van der Waals surface area contributed by atoms with Gasteiger partial charge in [-0.3, -0.25) is 0 Å². The van der Waals surface area contributed by atoms with Crippen LogP contribution in [0.1, 0.15) is 31.0 Å². The van der Waals surface area contributed by atoms with Gasteiger partial charge in [0.25, 0.3) is 0 Å². The molecule has 162 valence electrons. The first-order valence-electron chi connectivity index (χ1n) is 10.5. The average molecular weight is 438 g/mol. The summed E-state index contributed by atoms with van der Waals surface area (Å²) in [5.74, 6) is 0.776. The van der Waals surface area contributed by atoms with Crippen LogP contribution in [0.5, 0.6) is 0 Å². The van der Waals surface area contributed by atoms with E-state index in [9.17, 15) is 5.11 Å². The average Bonchev–Trinajstić information content (AvgIpc) is 3.51. The van der Waals surface area contributed by atoms with Crippen molar-refractivity contribution in [2.45, 2.75) is 31.7 Å². The molecule has 1 heterocycles. The molecule has 1 fully saturated rings. The van der Waals surface area contributed by atoms with E-state index < -0.39 is 5.54 Å². The Morgan fingerprint density at radius 2 is 2.00 bits per heavy atom. The first-order valence-corrected chi connectivity index (χ1v) is 10.9. The molecule has 1 aliphatic carbocycles. The fourth-order valence-corrected chi connectivity index (χ4v) is 4.15. The molecule has 3 aromatic rings. The first kappa shape index (κ1) is 21.4. The molecule has 2 aromatic carbocycles. The molecule has 7 heteroatoms.